The standard InChI is InChI=1S/C30H40ClN2O4PS2.Na/c1-4-22-10-9-11-24(31)26(22)27(34)32-23-14-12-21(13-15-23)20-25(28(35)36)33-29(39)30(16-5-6-17-30)18-7-8-19-38(2)40(3)37;/h9-15,25H,4-8,16-20H2,1-3H3,(H,32,34)(H,33,39)(H,35,36);/q;+1/p-1. The third kappa shape index (κ3) is 10.4. The van der Waals surface area contributed by atoms with E-state index in [9.17, 15) is 18.9 Å². The molecule has 3 rings (SSSR count). The summed E-state index contributed by atoms with van der Waals surface area (Å²) in [6.07, 6.45) is 10.6. The molecule has 0 radical (unpaired) electrons. The Balaban J connectivity index is 0.00000588. The van der Waals surface area contributed by atoms with Gasteiger partial charge in [0.1, 0.15) is 0 Å². The van der Waals surface area contributed by atoms with E-state index in [1.165, 1.54) is 0 Å². The number of benzene rings is 2. The van der Waals surface area contributed by atoms with Crippen LogP contribution in [0.25, 0.3) is 0 Å². The molecule has 2 N–H and O–H groups in total. The van der Waals surface area contributed by atoms with Crippen LogP contribution < -0.4 is 45.3 Å². The van der Waals surface area contributed by atoms with Crippen molar-refractivity contribution < 1.29 is 48.5 Å². The summed E-state index contributed by atoms with van der Waals surface area (Å²) >= 11 is 12.1. The van der Waals surface area contributed by atoms with Gasteiger partial charge in [-0.25, -0.2) is 0 Å². The summed E-state index contributed by atoms with van der Waals surface area (Å²) in [4.78, 5) is 25.6. The van der Waals surface area contributed by atoms with Crippen molar-refractivity contribution in [3.63, 3.8) is 0 Å². The molecule has 11 heteroatoms. The number of unbranched alkanes of at least 4 members (excludes halogenated alkanes) is 1. The number of halogens is 1. The van der Waals surface area contributed by atoms with Crippen molar-refractivity contribution in [3.05, 3.63) is 64.2 Å². The van der Waals surface area contributed by atoms with E-state index in [0.29, 0.717) is 27.7 Å². The van der Waals surface area contributed by atoms with Crippen LogP contribution in [-0.4, -0.2) is 46.2 Å². The van der Waals surface area contributed by atoms with Crippen molar-refractivity contribution in [1.29, 1.82) is 0 Å². The van der Waals surface area contributed by atoms with Crippen LogP contribution in [0.1, 0.15) is 73.4 Å². The van der Waals surface area contributed by atoms with E-state index >= 15 is 0 Å². The normalized spacial score (nSPS) is 16.2. The van der Waals surface area contributed by atoms with Gasteiger partial charge in [0, 0.05) is 27.8 Å². The summed E-state index contributed by atoms with van der Waals surface area (Å²) in [7, 11) is -1.22. The molecule has 0 saturated heterocycles. The number of aryl methyl sites for hydroxylation is 1. The minimum absolute atomic E-state index is 0. The van der Waals surface area contributed by atoms with Crippen molar-refractivity contribution >= 4 is 63.9 Å². The molecule has 3 unspecified atom stereocenters. The number of carbonyl (C=O) groups excluding carboxylic acids is 2. The Morgan fingerprint density at radius 2 is 1.80 bits per heavy atom. The van der Waals surface area contributed by atoms with Gasteiger partial charge >= 0.3 is 29.6 Å². The van der Waals surface area contributed by atoms with Gasteiger partial charge in [0.2, 0.25) is 0 Å². The first-order valence-electron chi connectivity index (χ1n) is 13.8. The van der Waals surface area contributed by atoms with E-state index in [4.69, 9.17) is 23.8 Å². The molecule has 1 aliphatic rings. The quantitative estimate of drug-likeness (QED) is 0.142. The van der Waals surface area contributed by atoms with Crippen molar-refractivity contribution in [1.82, 2.24) is 5.32 Å². The summed E-state index contributed by atoms with van der Waals surface area (Å²) in [5, 5.41) is 18.5. The van der Waals surface area contributed by atoms with Gasteiger partial charge in [-0.2, -0.15) is 0 Å². The third-order valence-electron chi connectivity index (χ3n) is 7.81. The Labute approximate surface area is 280 Å². The van der Waals surface area contributed by atoms with Crippen LogP contribution in [0.2, 0.25) is 5.02 Å². The van der Waals surface area contributed by atoms with E-state index in [1.807, 2.05) is 19.1 Å². The molecule has 218 valence electrons. The van der Waals surface area contributed by atoms with E-state index in [0.717, 1.165) is 62.2 Å². The Morgan fingerprint density at radius 3 is 2.39 bits per heavy atom. The van der Waals surface area contributed by atoms with Crippen LogP contribution in [0, 0.1) is 5.41 Å². The van der Waals surface area contributed by atoms with Crippen LogP contribution in [-0.2, 0) is 28.1 Å². The number of amides is 1. The molecule has 1 aliphatic carbocycles. The average Bonchev–Trinajstić information content (AvgIpc) is 3.41. The van der Waals surface area contributed by atoms with Gasteiger partial charge in [0.15, 0.2) is 0 Å². The van der Waals surface area contributed by atoms with Gasteiger partial charge in [-0.05, 0) is 87.8 Å². The predicted molar refractivity (Wildman–Crippen MR) is 170 cm³/mol. The van der Waals surface area contributed by atoms with E-state index in [1.54, 1.807) is 36.6 Å². The summed E-state index contributed by atoms with van der Waals surface area (Å²) in [6.45, 7) is 4.05. The minimum Gasteiger partial charge on any atom is -0.548 e. The molecule has 0 bridgehead atoms. The summed E-state index contributed by atoms with van der Waals surface area (Å²) in [6, 6.07) is 11.6. The van der Waals surface area contributed by atoms with Crippen molar-refractivity contribution in [2.45, 2.75) is 70.8 Å². The molecule has 0 aromatic heterocycles. The fourth-order valence-corrected chi connectivity index (χ4v) is 8.16. The molecule has 6 nitrogen and oxygen atoms in total. The second-order valence-electron chi connectivity index (χ2n) is 10.5. The molecular weight excluding hydrogens is 606 g/mol. The number of hydrogen-bond acceptors (Lipinski definition) is 5. The van der Waals surface area contributed by atoms with Crippen molar-refractivity contribution in [2.24, 2.45) is 5.41 Å². The van der Waals surface area contributed by atoms with Crippen LogP contribution in [0.5, 0.6) is 0 Å². The molecule has 3 atom stereocenters. The van der Waals surface area contributed by atoms with Gasteiger partial charge in [0.05, 0.1) is 27.6 Å². The predicted octanol–water partition coefficient (Wildman–Crippen LogP) is 2.87. The summed E-state index contributed by atoms with van der Waals surface area (Å²) in [5.41, 5.74) is 2.53. The first-order valence-corrected chi connectivity index (χ1v) is 18.7. The van der Waals surface area contributed by atoms with Crippen LogP contribution >= 0.6 is 30.9 Å². The largest absolute Gasteiger partial charge is 1.00 e. The fourth-order valence-electron chi connectivity index (χ4n) is 5.34. The van der Waals surface area contributed by atoms with Crippen LogP contribution in [0.4, 0.5) is 5.69 Å². The maximum Gasteiger partial charge on any atom is 1.00 e. The molecule has 0 aliphatic heterocycles. The van der Waals surface area contributed by atoms with E-state index in [2.05, 4.69) is 17.3 Å². The zero-order chi connectivity index (χ0) is 29.3. The number of thiocarbonyl (C=S) groups is 1. The Kier molecular flexibility index (Phi) is 15.5. The minimum atomic E-state index is -1.19. The average molecular weight is 645 g/mol. The number of nitrogens with one attached hydrogen (secondary N) is 2. The molecule has 2 aromatic rings. The molecule has 0 heterocycles. The number of carbonyl (C=O) groups is 2. The van der Waals surface area contributed by atoms with Crippen LogP contribution in [0.15, 0.2) is 42.5 Å². The van der Waals surface area contributed by atoms with Gasteiger partial charge in [-0.1, -0.05) is 74.3 Å². The molecule has 1 amide bonds. The molecular formula is C30H39ClN2NaO4PS2. The summed E-state index contributed by atoms with van der Waals surface area (Å²) in [5.74, 6) is -1.48. The maximum atomic E-state index is 12.9. The molecule has 2 aromatic carbocycles. The zero-order valence-corrected chi connectivity index (χ0v) is 29.7. The molecule has 1 fully saturated rings. The summed E-state index contributed by atoms with van der Waals surface area (Å²) < 4.78 is 11.7. The SMILES string of the molecule is CCc1cccc(Cl)c1C(=O)Nc1ccc(CC(NC(=S)C2(CCCCP(C)S(C)=O)CCCC2)C(=O)[O-])cc1.[Na+]. The second-order valence-corrected chi connectivity index (χ2v) is 17.3. The monoisotopic (exact) mass is 644 g/mol. The van der Waals surface area contributed by atoms with Gasteiger partial charge in [-0.3, -0.25) is 9.00 Å². The van der Waals surface area contributed by atoms with E-state index < -0.39 is 29.6 Å². The molecule has 0 spiro atoms. The number of rotatable bonds is 14. The topological polar surface area (TPSA) is 98.3 Å². The first-order chi connectivity index (χ1) is 19.1. The number of hydrogen-bond donors (Lipinski definition) is 2. The van der Waals surface area contributed by atoms with Gasteiger partial charge < -0.3 is 20.5 Å². The Bertz CT molecular complexity index is 1230. The maximum absolute atomic E-state index is 12.9. The number of carboxylic acids is 1. The van der Waals surface area contributed by atoms with Gasteiger partial charge in [0.25, 0.3) is 5.91 Å². The van der Waals surface area contributed by atoms with E-state index in [-0.39, 0.29) is 47.3 Å². The zero-order valence-electron chi connectivity index (χ0n) is 24.5. The van der Waals surface area contributed by atoms with Crippen LogP contribution in [0.3, 0.4) is 0 Å². The number of carboxylic acid groups (broad SMARTS) is 1. The molecule has 41 heavy (non-hydrogen) atoms. The Hall–Kier alpha value is -0.860. The number of anilines is 1. The Morgan fingerprint density at radius 1 is 1.15 bits per heavy atom. The van der Waals surface area contributed by atoms with Crippen molar-refractivity contribution in [2.75, 3.05) is 24.4 Å². The van der Waals surface area contributed by atoms with Gasteiger partial charge in [-0.15, -0.1) is 0 Å². The van der Waals surface area contributed by atoms with Crippen molar-refractivity contribution in [3.8, 4) is 0 Å². The smallest absolute Gasteiger partial charge is 0.548 e. The molecule has 1 saturated carbocycles. The third-order valence-corrected chi connectivity index (χ3v) is 13.7. The fraction of sp³-hybridized carbons (Fsp3) is 0.500. The first kappa shape index (κ1) is 36.3. The second kappa shape index (κ2) is 17.4. The number of aliphatic carboxylic acids is 1.